The summed E-state index contributed by atoms with van der Waals surface area (Å²) in [6.45, 7) is 1.37. The maximum atomic E-state index is 12.8. The molecule has 26 heavy (non-hydrogen) atoms. The molecule has 0 unspecified atom stereocenters. The van der Waals surface area contributed by atoms with Crippen molar-refractivity contribution in [3.05, 3.63) is 64.7 Å². The van der Waals surface area contributed by atoms with Crippen LogP contribution in [0.3, 0.4) is 0 Å². The fraction of sp³-hybridized carbons (Fsp3) is 0.316. The summed E-state index contributed by atoms with van der Waals surface area (Å²) in [4.78, 5) is 16.9. The Hall–Kier alpha value is -2.44. The molecule has 0 aliphatic carbocycles. The van der Waals surface area contributed by atoms with Gasteiger partial charge in [-0.25, -0.2) is 9.50 Å². The third kappa shape index (κ3) is 3.57. The summed E-state index contributed by atoms with van der Waals surface area (Å²) in [6.07, 6.45) is 5.78. The van der Waals surface area contributed by atoms with E-state index in [0.29, 0.717) is 30.5 Å². The number of hydrogen-bond donors (Lipinski definition) is 1. The van der Waals surface area contributed by atoms with E-state index >= 15 is 0 Å². The quantitative estimate of drug-likeness (QED) is 0.717. The highest BCUT2D eigenvalue weighted by molar-refractivity contribution is 6.29. The minimum absolute atomic E-state index is 0.105. The Bertz CT molecular complexity index is 917. The van der Waals surface area contributed by atoms with E-state index in [1.54, 1.807) is 23.0 Å². The molecule has 1 N–H and O–H groups in total. The number of carbonyl (C=O) groups is 1. The average Bonchev–Trinajstić information content (AvgIpc) is 3.03. The van der Waals surface area contributed by atoms with Crippen LogP contribution < -0.4 is 5.32 Å². The van der Waals surface area contributed by atoms with Gasteiger partial charge in [0.15, 0.2) is 0 Å². The fourth-order valence-corrected chi connectivity index (χ4v) is 3.35. The van der Waals surface area contributed by atoms with Crippen molar-refractivity contribution in [2.45, 2.75) is 25.3 Å². The predicted octanol–water partition coefficient (Wildman–Crippen LogP) is 2.88. The van der Waals surface area contributed by atoms with Gasteiger partial charge in [-0.15, -0.1) is 0 Å². The Morgan fingerprint density at radius 3 is 2.92 bits per heavy atom. The zero-order valence-corrected chi connectivity index (χ0v) is 14.9. The lowest BCUT2D eigenvalue weighted by Gasteiger charge is -2.22. The third-order valence-electron chi connectivity index (χ3n) is 4.59. The lowest BCUT2D eigenvalue weighted by Crippen LogP contribution is -2.39. The summed E-state index contributed by atoms with van der Waals surface area (Å²) in [7, 11) is 0. The molecule has 0 radical (unpaired) electrons. The molecule has 7 heteroatoms. The number of nitrogens with one attached hydrogen (secondary N) is 1. The van der Waals surface area contributed by atoms with Gasteiger partial charge in [0.1, 0.15) is 10.8 Å². The summed E-state index contributed by atoms with van der Waals surface area (Å²) < 4.78 is 7.05. The van der Waals surface area contributed by atoms with Gasteiger partial charge in [0, 0.05) is 38.1 Å². The Morgan fingerprint density at radius 2 is 2.15 bits per heavy atom. The summed E-state index contributed by atoms with van der Waals surface area (Å²) in [5, 5.41) is 7.93. The Kier molecular flexibility index (Phi) is 4.86. The van der Waals surface area contributed by atoms with Crippen LogP contribution in [0.15, 0.2) is 42.7 Å². The van der Waals surface area contributed by atoms with E-state index in [9.17, 15) is 4.79 Å². The van der Waals surface area contributed by atoms with Gasteiger partial charge in [-0.1, -0.05) is 17.7 Å². The van der Waals surface area contributed by atoms with E-state index in [0.717, 1.165) is 29.5 Å². The minimum Gasteiger partial charge on any atom is -0.381 e. The molecule has 3 aromatic heterocycles. The maximum absolute atomic E-state index is 12.8. The average molecular weight is 371 g/mol. The second kappa shape index (κ2) is 7.43. The Morgan fingerprint density at radius 1 is 1.31 bits per heavy atom. The van der Waals surface area contributed by atoms with E-state index in [-0.39, 0.29) is 11.9 Å². The van der Waals surface area contributed by atoms with Gasteiger partial charge in [-0.05, 0) is 48.2 Å². The largest absolute Gasteiger partial charge is 0.381 e. The van der Waals surface area contributed by atoms with Gasteiger partial charge in [-0.3, -0.25) is 4.79 Å². The fourth-order valence-electron chi connectivity index (χ4n) is 3.24. The highest BCUT2D eigenvalue weighted by Crippen LogP contribution is 2.20. The maximum Gasteiger partial charge on any atom is 0.270 e. The smallest absolute Gasteiger partial charge is 0.270 e. The first-order valence-electron chi connectivity index (χ1n) is 8.65. The van der Waals surface area contributed by atoms with E-state index in [2.05, 4.69) is 15.4 Å². The van der Waals surface area contributed by atoms with E-state index < -0.39 is 0 Å². The molecule has 1 aliphatic heterocycles. The lowest BCUT2D eigenvalue weighted by molar-refractivity contribution is 0.0693. The molecule has 1 fully saturated rings. The Labute approximate surface area is 156 Å². The molecule has 0 saturated carbocycles. The molecule has 0 spiro atoms. The molecule has 1 amide bonds. The normalized spacial score (nSPS) is 15.3. The molecule has 1 saturated heterocycles. The molecule has 134 valence electrons. The molecule has 1 aliphatic rings. The number of nitrogens with zero attached hydrogens (tertiary/aromatic N) is 3. The standard InChI is InChI=1S/C19H19ClN4O2/c20-18-4-3-13(12-21-18)10-14-11-17(24-16(14)2-1-7-22-24)19(25)23-15-5-8-26-9-6-15/h1-4,7,11-12,15H,5-6,8-10H2,(H,23,25). The zero-order chi connectivity index (χ0) is 17.9. The molecule has 4 heterocycles. The number of rotatable bonds is 4. The minimum atomic E-state index is -0.105. The molecular weight excluding hydrogens is 352 g/mol. The molecule has 3 aromatic rings. The SMILES string of the molecule is O=C(NC1CCOCC1)c1cc(Cc2ccc(Cl)nc2)c2cccnn12. The second-order valence-electron chi connectivity index (χ2n) is 6.40. The first-order chi connectivity index (χ1) is 12.7. The molecular formula is C19H19ClN4O2. The van der Waals surface area contributed by atoms with Gasteiger partial charge < -0.3 is 10.1 Å². The molecule has 0 atom stereocenters. The highest BCUT2D eigenvalue weighted by atomic mass is 35.5. The van der Waals surface area contributed by atoms with Crippen LogP contribution in [-0.2, 0) is 11.2 Å². The first-order valence-corrected chi connectivity index (χ1v) is 9.03. The molecule has 6 nitrogen and oxygen atoms in total. The van der Waals surface area contributed by atoms with Crippen LogP contribution in [0.5, 0.6) is 0 Å². The van der Waals surface area contributed by atoms with Gasteiger partial charge in [0.05, 0.1) is 5.52 Å². The molecule has 4 rings (SSSR count). The van der Waals surface area contributed by atoms with Gasteiger partial charge >= 0.3 is 0 Å². The van der Waals surface area contributed by atoms with Gasteiger partial charge in [0.25, 0.3) is 5.91 Å². The number of hydrogen-bond acceptors (Lipinski definition) is 4. The molecule has 0 bridgehead atoms. The van der Waals surface area contributed by atoms with Crippen LogP contribution in [0.25, 0.3) is 5.52 Å². The number of pyridine rings is 1. The number of fused-ring (bicyclic) bond motifs is 1. The number of carbonyl (C=O) groups excluding carboxylic acids is 1. The van der Waals surface area contributed by atoms with Gasteiger partial charge in [0.2, 0.25) is 0 Å². The topological polar surface area (TPSA) is 68.5 Å². The highest BCUT2D eigenvalue weighted by Gasteiger charge is 2.21. The van der Waals surface area contributed by atoms with Crippen molar-refractivity contribution >= 4 is 23.0 Å². The summed E-state index contributed by atoms with van der Waals surface area (Å²) in [5.41, 5.74) is 3.52. The van der Waals surface area contributed by atoms with Crippen molar-refractivity contribution in [3.63, 3.8) is 0 Å². The van der Waals surface area contributed by atoms with Crippen molar-refractivity contribution in [2.24, 2.45) is 0 Å². The summed E-state index contributed by atoms with van der Waals surface area (Å²) in [5.74, 6) is -0.105. The molecule has 0 aromatic carbocycles. The number of ether oxygens (including phenoxy) is 1. The van der Waals surface area contributed by atoms with E-state index in [4.69, 9.17) is 16.3 Å². The summed E-state index contributed by atoms with van der Waals surface area (Å²) in [6, 6.07) is 9.61. The second-order valence-corrected chi connectivity index (χ2v) is 6.79. The number of halogens is 1. The van der Waals surface area contributed by atoms with E-state index in [1.807, 2.05) is 24.3 Å². The van der Waals surface area contributed by atoms with Gasteiger partial charge in [-0.2, -0.15) is 5.10 Å². The van der Waals surface area contributed by atoms with Crippen LogP contribution in [0.1, 0.15) is 34.5 Å². The van der Waals surface area contributed by atoms with Crippen LogP contribution in [0, 0.1) is 0 Å². The van der Waals surface area contributed by atoms with Crippen molar-refractivity contribution in [1.82, 2.24) is 19.9 Å². The number of amides is 1. The van der Waals surface area contributed by atoms with Crippen LogP contribution in [0.2, 0.25) is 5.15 Å². The van der Waals surface area contributed by atoms with Crippen LogP contribution >= 0.6 is 11.6 Å². The summed E-state index contributed by atoms with van der Waals surface area (Å²) >= 11 is 5.86. The van der Waals surface area contributed by atoms with Crippen molar-refractivity contribution in [2.75, 3.05) is 13.2 Å². The van der Waals surface area contributed by atoms with Crippen molar-refractivity contribution in [1.29, 1.82) is 0 Å². The van der Waals surface area contributed by atoms with Crippen molar-refractivity contribution in [3.8, 4) is 0 Å². The zero-order valence-electron chi connectivity index (χ0n) is 14.2. The third-order valence-corrected chi connectivity index (χ3v) is 4.81. The first kappa shape index (κ1) is 17.0. The van der Waals surface area contributed by atoms with Crippen LogP contribution in [0.4, 0.5) is 0 Å². The van der Waals surface area contributed by atoms with Crippen molar-refractivity contribution < 1.29 is 9.53 Å². The predicted molar refractivity (Wildman–Crippen MR) is 98.6 cm³/mol. The lowest BCUT2D eigenvalue weighted by atomic mass is 10.1. The monoisotopic (exact) mass is 370 g/mol. The van der Waals surface area contributed by atoms with Crippen LogP contribution in [-0.4, -0.2) is 39.8 Å². The van der Waals surface area contributed by atoms with E-state index in [1.165, 1.54) is 0 Å². The Balaban J connectivity index is 1.62. The number of aromatic nitrogens is 3.